The molecule has 0 aliphatic heterocycles. The van der Waals surface area contributed by atoms with Gasteiger partial charge in [-0.15, -0.1) is 0 Å². The van der Waals surface area contributed by atoms with Crippen molar-refractivity contribution >= 4 is 0 Å². The highest BCUT2D eigenvalue weighted by molar-refractivity contribution is 5.10. The summed E-state index contributed by atoms with van der Waals surface area (Å²) < 4.78 is 5.71. The van der Waals surface area contributed by atoms with Gasteiger partial charge in [-0.05, 0) is 87.2 Å². The smallest absolute Gasteiger partial charge is 0.120 e. The molecule has 1 unspecified atom stereocenters. The van der Waals surface area contributed by atoms with Crippen LogP contribution in [0.4, 0.5) is 0 Å². The summed E-state index contributed by atoms with van der Waals surface area (Å²) in [5.41, 5.74) is 6.39. The molecule has 4 bridgehead atoms. The van der Waals surface area contributed by atoms with Crippen LogP contribution < -0.4 is 5.73 Å². The van der Waals surface area contributed by atoms with Crippen molar-refractivity contribution in [3.63, 3.8) is 0 Å². The van der Waals surface area contributed by atoms with Crippen molar-refractivity contribution in [3.8, 4) is 0 Å². The van der Waals surface area contributed by atoms with Gasteiger partial charge < -0.3 is 10.2 Å². The van der Waals surface area contributed by atoms with Gasteiger partial charge in [0.2, 0.25) is 0 Å². The Labute approximate surface area is 115 Å². The van der Waals surface area contributed by atoms with E-state index in [-0.39, 0.29) is 6.04 Å². The fraction of sp³-hybridized carbons (Fsp3) is 0.765. The Bertz CT molecular complexity index is 436. The largest absolute Gasteiger partial charge is 0.465 e. The number of furan rings is 1. The molecular weight excluding hydrogens is 234 g/mol. The van der Waals surface area contributed by atoms with E-state index < -0.39 is 0 Å². The van der Waals surface area contributed by atoms with Gasteiger partial charge in [-0.1, -0.05) is 0 Å². The average Bonchev–Trinajstić information content (AvgIpc) is 2.79. The molecule has 1 atom stereocenters. The molecule has 2 heteroatoms. The Hall–Kier alpha value is -0.760. The molecule has 2 nitrogen and oxygen atoms in total. The summed E-state index contributed by atoms with van der Waals surface area (Å²) in [6, 6.07) is 4.21. The minimum Gasteiger partial charge on any atom is -0.465 e. The Morgan fingerprint density at radius 3 is 2.26 bits per heavy atom. The van der Waals surface area contributed by atoms with Crippen LogP contribution in [0.15, 0.2) is 16.5 Å². The Kier molecular flexibility index (Phi) is 2.77. The molecule has 104 valence electrons. The maximum atomic E-state index is 6.39. The minimum absolute atomic E-state index is 0.108. The van der Waals surface area contributed by atoms with E-state index in [4.69, 9.17) is 10.2 Å². The first-order valence-electron chi connectivity index (χ1n) is 8.01. The highest BCUT2D eigenvalue weighted by atomic mass is 16.3. The average molecular weight is 259 g/mol. The van der Waals surface area contributed by atoms with E-state index in [1.807, 2.05) is 13.0 Å². The summed E-state index contributed by atoms with van der Waals surface area (Å²) in [5, 5.41) is 0. The second-order valence-corrected chi connectivity index (χ2v) is 7.39. The molecule has 0 amide bonds. The van der Waals surface area contributed by atoms with Crippen LogP contribution in [0.1, 0.15) is 56.1 Å². The maximum absolute atomic E-state index is 6.39. The first-order chi connectivity index (χ1) is 9.19. The maximum Gasteiger partial charge on any atom is 0.120 e. The predicted molar refractivity (Wildman–Crippen MR) is 75.5 cm³/mol. The van der Waals surface area contributed by atoms with Crippen LogP contribution in [0.3, 0.4) is 0 Å². The molecular formula is C17H25NO. The zero-order valence-corrected chi connectivity index (χ0v) is 11.8. The molecule has 1 aromatic rings. The third-order valence-corrected chi connectivity index (χ3v) is 6.07. The second kappa shape index (κ2) is 4.37. The Morgan fingerprint density at radius 2 is 1.74 bits per heavy atom. The molecule has 4 saturated carbocycles. The lowest BCUT2D eigenvalue weighted by molar-refractivity contribution is -0.0426. The molecule has 0 aromatic carbocycles. The Balaban J connectivity index is 1.48. The van der Waals surface area contributed by atoms with Crippen LogP contribution in [0.25, 0.3) is 0 Å². The third kappa shape index (κ3) is 2.05. The molecule has 5 rings (SSSR count). The van der Waals surface area contributed by atoms with Gasteiger partial charge in [-0.2, -0.15) is 0 Å². The summed E-state index contributed by atoms with van der Waals surface area (Å²) in [6.07, 6.45) is 8.62. The summed E-state index contributed by atoms with van der Waals surface area (Å²) in [7, 11) is 0. The van der Waals surface area contributed by atoms with E-state index in [0.29, 0.717) is 0 Å². The number of nitrogens with two attached hydrogens (primary N) is 1. The van der Waals surface area contributed by atoms with Gasteiger partial charge in [0.05, 0.1) is 6.04 Å². The normalized spacial score (nSPS) is 41.7. The summed E-state index contributed by atoms with van der Waals surface area (Å²) in [6.45, 7) is 2.00. The molecule has 2 N–H and O–H groups in total. The number of hydrogen-bond acceptors (Lipinski definition) is 2. The van der Waals surface area contributed by atoms with Gasteiger partial charge in [-0.3, -0.25) is 0 Å². The van der Waals surface area contributed by atoms with Crippen LogP contribution in [0.5, 0.6) is 0 Å². The lowest BCUT2D eigenvalue weighted by Crippen LogP contribution is -2.45. The van der Waals surface area contributed by atoms with E-state index in [1.54, 1.807) is 0 Å². The predicted octanol–water partition coefficient (Wildman–Crippen LogP) is 4.05. The topological polar surface area (TPSA) is 39.2 Å². The van der Waals surface area contributed by atoms with E-state index in [0.717, 1.165) is 47.5 Å². The Morgan fingerprint density at radius 1 is 1.11 bits per heavy atom. The standard InChI is InChI=1S/C17H25NO/c1-10-2-3-17(19-10)16(18)9-15-13-5-11-4-12(7-13)8-14(15)6-11/h2-3,11-16H,4-9,18H2,1H3. The molecule has 4 aliphatic rings. The number of hydrogen-bond donors (Lipinski definition) is 1. The van der Waals surface area contributed by atoms with Gasteiger partial charge >= 0.3 is 0 Å². The van der Waals surface area contributed by atoms with Crippen molar-refractivity contribution in [1.82, 2.24) is 0 Å². The summed E-state index contributed by atoms with van der Waals surface area (Å²) in [5.74, 6) is 6.90. The monoisotopic (exact) mass is 259 g/mol. The number of aryl methyl sites for hydroxylation is 1. The van der Waals surface area contributed by atoms with E-state index in [2.05, 4.69) is 6.07 Å². The summed E-state index contributed by atoms with van der Waals surface area (Å²) in [4.78, 5) is 0. The van der Waals surface area contributed by atoms with Crippen molar-refractivity contribution in [3.05, 3.63) is 23.7 Å². The molecule has 0 spiro atoms. The first-order valence-corrected chi connectivity index (χ1v) is 8.01. The van der Waals surface area contributed by atoms with E-state index in [9.17, 15) is 0 Å². The van der Waals surface area contributed by atoms with Gasteiger partial charge in [0.15, 0.2) is 0 Å². The van der Waals surface area contributed by atoms with Crippen molar-refractivity contribution in [2.75, 3.05) is 0 Å². The SMILES string of the molecule is Cc1ccc(C(N)CC2C3CC4CC(C3)CC2C4)o1. The van der Waals surface area contributed by atoms with E-state index in [1.165, 1.54) is 32.1 Å². The highest BCUT2D eigenvalue weighted by Crippen LogP contribution is 2.58. The number of rotatable bonds is 3. The lowest BCUT2D eigenvalue weighted by atomic mass is 9.51. The minimum atomic E-state index is 0.108. The van der Waals surface area contributed by atoms with Crippen LogP contribution in [0, 0.1) is 36.5 Å². The molecule has 19 heavy (non-hydrogen) atoms. The molecule has 0 radical (unpaired) electrons. The van der Waals surface area contributed by atoms with Gasteiger partial charge in [0.25, 0.3) is 0 Å². The quantitative estimate of drug-likeness (QED) is 0.889. The van der Waals surface area contributed by atoms with Crippen molar-refractivity contribution in [1.29, 1.82) is 0 Å². The van der Waals surface area contributed by atoms with Crippen molar-refractivity contribution in [2.24, 2.45) is 35.3 Å². The zero-order chi connectivity index (χ0) is 13.0. The molecule has 4 fully saturated rings. The van der Waals surface area contributed by atoms with Crippen LogP contribution in [-0.4, -0.2) is 0 Å². The van der Waals surface area contributed by atoms with Gasteiger partial charge in [-0.25, -0.2) is 0 Å². The molecule has 1 aromatic heterocycles. The van der Waals surface area contributed by atoms with Gasteiger partial charge in [0.1, 0.15) is 11.5 Å². The molecule has 1 heterocycles. The summed E-state index contributed by atoms with van der Waals surface area (Å²) >= 11 is 0. The lowest BCUT2D eigenvalue weighted by Gasteiger charge is -2.55. The van der Waals surface area contributed by atoms with Crippen molar-refractivity contribution < 1.29 is 4.42 Å². The first kappa shape index (κ1) is 12.0. The van der Waals surface area contributed by atoms with E-state index >= 15 is 0 Å². The second-order valence-electron chi connectivity index (χ2n) is 7.39. The molecule has 0 saturated heterocycles. The van der Waals surface area contributed by atoms with Crippen LogP contribution in [-0.2, 0) is 0 Å². The van der Waals surface area contributed by atoms with Crippen molar-refractivity contribution in [2.45, 2.75) is 51.5 Å². The van der Waals surface area contributed by atoms with Crippen LogP contribution in [0.2, 0.25) is 0 Å². The highest BCUT2D eigenvalue weighted by Gasteiger charge is 2.48. The zero-order valence-electron chi connectivity index (χ0n) is 11.8. The fourth-order valence-corrected chi connectivity index (χ4v) is 5.48. The van der Waals surface area contributed by atoms with Gasteiger partial charge in [0, 0.05) is 0 Å². The fourth-order valence-electron chi connectivity index (χ4n) is 5.48. The molecule has 4 aliphatic carbocycles. The third-order valence-electron chi connectivity index (χ3n) is 6.07. The van der Waals surface area contributed by atoms with Crippen LogP contribution >= 0.6 is 0 Å².